The van der Waals surface area contributed by atoms with Crippen molar-refractivity contribution >= 4 is 17.7 Å². The molecule has 10 atom stereocenters. The molecule has 0 N–H and O–H groups in total. The third-order valence-electron chi connectivity index (χ3n) is 13.6. The van der Waals surface area contributed by atoms with Gasteiger partial charge in [-0.25, -0.2) is 0 Å². The number of carbonyl (C=O) groups excluding carboxylic acids is 3. The highest BCUT2D eigenvalue weighted by molar-refractivity contribution is 5.96. The first kappa shape index (κ1) is 27.9. The molecule has 212 valence electrons. The summed E-state index contributed by atoms with van der Waals surface area (Å²) in [5.41, 5.74) is 0.200. The minimum atomic E-state index is -0.548. The van der Waals surface area contributed by atoms with Crippen molar-refractivity contribution in [3.63, 3.8) is 0 Å². The fraction of sp³-hybridized carbons (Fsp3) is 0.848. The molecule has 0 aromatic heterocycles. The van der Waals surface area contributed by atoms with E-state index in [0.717, 1.165) is 51.4 Å². The van der Waals surface area contributed by atoms with E-state index in [1.807, 2.05) is 0 Å². The van der Waals surface area contributed by atoms with Crippen molar-refractivity contribution in [1.29, 1.82) is 0 Å². The van der Waals surface area contributed by atoms with Crippen LogP contribution in [-0.4, -0.2) is 30.9 Å². The van der Waals surface area contributed by atoms with E-state index in [9.17, 15) is 14.4 Å². The third-order valence-corrected chi connectivity index (χ3v) is 13.6. The van der Waals surface area contributed by atoms with Crippen LogP contribution >= 0.6 is 0 Å². The van der Waals surface area contributed by atoms with Crippen LogP contribution in [0.1, 0.15) is 107 Å². The van der Waals surface area contributed by atoms with Gasteiger partial charge in [0.2, 0.25) is 0 Å². The van der Waals surface area contributed by atoms with Crippen molar-refractivity contribution in [2.75, 3.05) is 7.11 Å². The van der Waals surface area contributed by atoms with Crippen LogP contribution in [-0.2, 0) is 23.9 Å². The normalized spacial score (nSPS) is 49.4. The summed E-state index contributed by atoms with van der Waals surface area (Å²) < 4.78 is 11.3. The number of methoxy groups -OCH3 is 1. The number of hydrogen-bond donors (Lipinski definition) is 0. The van der Waals surface area contributed by atoms with Crippen LogP contribution in [0.25, 0.3) is 0 Å². The van der Waals surface area contributed by atoms with Gasteiger partial charge in [-0.2, -0.15) is 0 Å². The predicted octanol–water partition coefficient (Wildman–Crippen LogP) is 6.93. The van der Waals surface area contributed by atoms with Gasteiger partial charge in [-0.05, 0) is 97.4 Å². The van der Waals surface area contributed by atoms with Gasteiger partial charge in [-0.3, -0.25) is 14.4 Å². The van der Waals surface area contributed by atoms with Gasteiger partial charge in [-0.1, -0.05) is 54.0 Å². The zero-order chi connectivity index (χ0) is 28.1. The lowest BCUT2D eigenvalue weighted by Gasteiger charge is -2.70. The SMILES string of the molecule is COC(=O)C12CCC(C)C(C)C1C1C(=O)C=C3C4(C)CCC(OC(C)=O)C(C)(C)C4CCC3(C)C1(C)CC2. The molecule has 0 heterocycles. The fourth-order valence-corrected chi connectivity index (χ4v) is 11.2. The molecular weight excluding hydrogens is 476 g/mol. The highest BCUT2D eigenvalue weighted by Crippen LogP contribution is 2.75. The number of allylic oxidation sites excluding steroid dienone is 2. The number of ketones is 1. The molecule has 5 aliphatic rings. The van der Waals surface area contributed by atoms with E-state index in [-0.39, 0.29) is 57.3 Å². The largest absolute Gasteiger partial charge is 0.469 e. The van der Waals surface area contributed by atoms with E-state index in [1.54, 1.807) is 0 Å². The molecule has 0 saturated heterocycles. The summed E-state index contributed by atoms with van der Waals surface area (Å²) in [5.74, 6) is 0.900. The van der Waals surface area contributed by atoms with Gasteiger partial charge < -0.3 is 9.47 Å². The maximum Gasteiger partial charge on any atom is 0.312 e. The predicted molar refractivity (Wildman–Crippen MR) is 147 cm³/mol. The monoisotopic (exact) mass is 526 g/mol. The van der Waals surface area contributed by atoms with Gasteiger partial charge in [-0.15, -0.1) is 0 Å². The van der Waals surface area contributed by atoms with Crippen LogP contribution in [0.5, 0.6) is 0 Å². The second kappa shape index (κ2) is 8.67. The number of hydrogen-bond acceptors (Lipinski definition) is 5. The van der Waals surface area contributed by atoms with Crippen LogP contribution in [0.2, 0.25) is 0 Å². The summed E-state index contributed by atoms with van der Waals surface area (Å²) in [6.07, 6.45) is 9.33. The summed E-state index contributed by atoms with van der Waals surface area (Å²) in [6, 6.07) is 0. The van der Waals surface area contributed by atoms with Gasteiger partial charge in [0.1, 0.15) is 6.10 Å². The maximum absolute atomic E-state index is 14.5. The number of esters is 2. The topological polar surface area (TPSA) is 69.7 Å². The van der Waals surface area contributed by atoms with Crippen LogP contribution in [0.15, 0.2) is 11.6 Å². The molecule has 5 nitrogen and oxygen atoms in total. The molecule has 5 aliphatic carbocycles. The summed E-state index contributed by atoms with van der Waals surface area (Å²) in [5, 5.41) is 0. The van der Waals surface area contributed by atoms with Crippen molar-refractivity contribution < 1.29 is 23.9 Å². The Balaban J connectivity index is 1.62. The van der Waals surface area contributed by atoms with Crippen molar-refractivity contribution in [2.24, 2.45) is 56.7 Å². The lowest BCUT2D eigenvalue weighted by molar-refractivity contribution is -0.201. The highest BCUT2D eigenvalue weighted by Gasteiger charge is 2.71. The minimum absolute atomic E-state index is 0.0150. The first-order chi connectivity index (χ1) is 17.6. The van der Waals surface area contributed by atoms with Crippen LogP contribution in [0, 0.1) is 56.7 Å². The summed E-state index contributed by atoms with van der Waals surface area (Å²) >= 11 is 0. The van der Waals surface area contributed by atoms with Crippen molar-refractivity contribution in [3.05, 3.63) is 11.6 Å². The molecule has 38 heavy (non-hydrogen) atoms. The molecule has 0 aromatic carbocycles. The first-order valence-electron chi connectivity index (χ1n) is 15.1. The molecule has 0 spiro atoms. The third kappa shape index (κ3) is 3.38. The van der Waals surface area contributed by atoms with E-state index in [4.69, 9.17) is 9.47 Å². The number of ether oxygens (including phenoxy) is 2. The molecule has 10 unspecified atom stereocenters. The quantitative estimate of drug-likeness (QED) is 0.365. The van der Waals surface area contributed by atoms with Gasteiger partial charge in [0.15, 0.2) is 5.78 Å². The zero-order valence-corrected chi connectivity index (χ0v) is 25.2. The molecule has 0 aliphatic heterocycles. The van der Waals surface area contributed by atoms with E-state index >= 15 is 0 Å². The van der Waals surface area contributed by atoms with Gasteiger partial charge in [0.05, 0.1) is 12.5 Å². The van der Waals surface area contributed by atoms with Crippen LogP contribution in [0.4, 0.5) is 0 Å². The van der Waals surface area contributed by atoms with E-state index in [2.05, 4.69) is 54.5 Å². The minimum Gasteiger partial charge on any atom is -0.469 e. The van der Waals surface area contributed by atoms with Crippen molar-refractivity contribution in [1.82, 2.24) is 0 Å². The number of fused-ring (bicyclic) bond motifs is 7. The fourth-order valence-electron chi connectivity index (χ4n) is 11.2. The average molecular weight is 527 g/mol. The lowest BCUT2D eigenvalue weighted by Crippen LogP contribution is -2.67. The Hall–Kier alpha value is -1.65. The second-order valence-electron chi connectivity index (χ2n) is 15.2. The Bertz CT molecular complexity index is 1070. The molecule has 5 rings (SSSR count). The van der Waals surface area contributed by atoms with Crippen molar-refractivity contribution in [2.45, 2.75) is 113 Å². The first-order valence-corrected chi connectivity index (χ1v) is 15.1. The average Bonchev–Trinajstić information content (AvgIpc) is 2.84. The second-order valence-corrected chi connectivity index (χ2v) is 15.2. The van der Waals surface area contributed by atoms with Crippen LogP contribution < -0.4 is 0 Å². The standard InChI is InChI=1S/C33H50O5/c1-19-10-15-33(28(36)37-9)17-16-32(8)27(26(33)20(19)2)22(35)18-24-30(6)13-12-25(38-21(3)34)29(4,5)23(30)11-14-31(24,32)7/h18-20,23,25-27H,10-17H2,1-9H3. The molecule has 0 aromatic rings. The highest BCUT2D eigenvalue weighted by atomic mass is 16.5. The Morgan fingerprint density at radius 3 is 2.24 bits per heavy atom. The Labute approximate surface area is 229 Å². The smallest absolute Gasteiger partial charge is 0.312 e. The molecule has 0 amide bonds. The molecule has 0 bridgehead atoms. The van der Waals surface area contributed by atoms with Gasteiger partial charge in [0.25, 0.3) is 0 Å². The van der Waals surface area contributed by atoms with Crippen LogP contribution in [0.3, 0.4) is 0 Å². The van der Waals surface area contributed by atoms with Gasteiger partial charge >= 0.3 is 11.9 Å². The van der Waals surface area contributed by atoms with E-state index < -0.39 is 5.41 Å². The zero-order valence-electron chi connectivity index (χ0n) is 25.2. The molecule has 0 radical (unpaired) electrons. The Kier molecular flexibility index (Phi) is 6.37. The van der Waals surface area contributed by atoms with Gasteiger partial charge in [0, 0.05) is 18.3 Å². The molecule has 5 heteroatoms. The Morgan fingerprint density at radius 2 is 1.61 bits per heavy atom. The summed E-state index contributed by atoms with van der Waals surface area (Å²) in [7, 11) is 1.52. The molecule has 4 saturated carbocycles. The molecular formula is C33H50O5. The van der Waals surface area contributed by atoms with E-state index in [0.29, 0.717) is 17.8 Å². The lowest BCUT2D eigenvalue weighted by atomic mass is 9.33. The Morgan fingerprint density at radius 1 is 0.921 bits per heavy atom. The summed E-state index contributed by atoms with van der Waals surface area (Å²) in [4.78, 5) is 39.8. The maximum atomic E-state index is 14.5. The van der Waals surface area contributed by atoms with E-state index in [1.165, 1.54) is 19.6 Å². The molecule has 4 fully saturated rings. The number of carbonyl (C=O) groups is 3. The summed E-state index contributed by atoms with van der Waals surface area (Å²) in [6.45, 7) is 17.8. The van der Waals surface area contributed by atoms with Crippen molar-refractivity contribution in [3.8, 4) is 0 Å². The number of rotatable bonds is 2.